The highest BCUT2D eigenvalue weighted by molar-refractivity contribution is 6.31. The summed E-state index contributed by atoms with van der Waals surface area (Å²) in [7, 11) is 0. The van der Waals surface area contributed by atoms with Crippen molar-refractivity contribution in [3.63, 3.8) is 0 Å². The molecule has 1 aromatic carbocycles. The fraction of sp³-hybridized carbons (Fsp3) is 0.438. The van der Waals surface area contributed by atoms with Crippen molar-refractivity contribution in [3.8, 4) is 11.1 Å². The van der Waals surface area contributed by atoms with Gasteiger partial charge in [0.15, 0.2) is 0 Å². The number of nitrogens with zero attached hydrogens (tertiary/aromatic N) is 2. The molecule has 1 aliphatic rings. The van der Waals surface area contributed by atoms with Crippen molar-refractivity contribution in [2.45, 2.75) is 45.8 Å². The lowest BCUT2D eigenvalue weighted by Gasteiger charge is -2.08. The summed E-state index contributed by atoms with van der Waals surface area (Å²) in [4.78, 5) is 0. The molecular formula is C16H20ClN3. The predicted molar refractivity (Wildman–Crippen MR) is 82.9 cm³/mol. The molecule has 1 fully saturated rings. The van der Waals surface area contributed by atoms with Gasteiger partial charge in [0.05, 0.1) is 6.20 Å². The summed E-state index contributed by atoms with van der Waals surface area (Å²) >= 11 is 6.41. The maximum absolute atomic E-state index is 6.41. The van der Waals surface area contributed by atoms with E-state index >= 15 is 0 Å². The third-order valence-corrected chi connectivity index (χ3v) is 4.28. The fourth-order valence-corrected chi connectivity index (χ4v) is 2.70. The van der Waals surface area contributed by atoms with Crippen LogP contribution in [0.25, 0.3) is 11.1 Å². The molecular weight excluding hydrogens is 270 g/mol. The Hall–Kier alpha value is -1.32. The van der Waals surface area contributed by atoms with Gasteiger partial charge < -0.3 is 5.32 Å². The van der Waals surface area contributed by atoms with Gasteiger partial charge in [0.2, 0.25) is 0 Å². The predicted octanol–water partition coefficient (Wildman–Crippen LogP) is 3.78. The van der Waals surface area contributed by atoms with Crippen molar-refractivity contribution in [2.75, 3.05) is 0 Å². The summed E-state index contributed by atoms with van der Waals surface area (Å²) in [6.07, 6.45) is 4.52. The van der Waals surface area contributed by atoms with Gasteiger partial charge in [-0.25, -0.2) is 0 Å². The maximum atomic E-state index is 6.41. The second-order valence-corrected chi connectivity index (χ2v) is 5.83. The molecule has 3 nitrogen and oxygen atoms in total. The highest BCUT2D eigenvalue weighted by Crippen LogP contribution is 2.28. The third-order valence-electron chi connectivity index (χ3n) is 3.93. The standard InChI is InChI=1S/C16H20ClN3/c1-3-20-11(2)15(10-19-20)12-4-5-13(16(17)8-12)9-18-14-6-7-14/h4-5,8,10,14,18H,3,6-7,9H2,1-2H3. The molecule has 1 aliphatic carbocycles. The van der Waals surface area contributed by atoms with Crippen LogP contribution in [0.5, 0.6) is 0 Å². The SMILES string of the molecule is CCn1ncc(-c2ccc(CNC3CC3)c(Cl)c2)c1C. The van der Waals surface area contributed by atoms with Crippen molar-refractivity contribution in [1.29, 1.82) is 0 Å². The van der Waals surface area contributed by atoms with Crippen molar-refractivity contribution in [2.24, 2.45) is 0 Å². The molecule has 0 aliphatic heterocycles. The van der Waals surface area contributed by atoms with E-state index in [0.29, 0.717) is 6.04 Å². The second kappa shape index (κ2) is 5.58. The molecule has 1 saturated carbocycles. The van der Waals surface area contributed by atoms with E-state index in [-0.39, 0.29) is 0 Å². The van der Waals surface area contributed by atoms with Gasteiger partial charge in [0, 0.05) is 35.4 Å². The monoisotopic (exact) mass is 289 g/mol. The Morgan fingerprint density at radius 3 is 2.80 bits per heavy atom. The van der Waals surface area contributed by atoms with Crippen LogP contribution in [0.4, 0.5) is 0 Å². The van der Waals surface area contributed by atoms with Crippen molar-refractivity contribution < 1.29 is 0 Å². The van der Waals surface area contributed by atoms with Gasteiger partial charge >= 0.3 is 0 Å². The number of aryl methyl sites for hydroxylation is 1. The maximum Gasteiger partial charge on any atom is 0.0571 e. The van der Waals surface area contributed by atoms with E-state index < -0.39 is 0 Å². The number of hydrogen-bond donors (Lipinski definition) is 1. The average Bonchev–Trinajstić information content (AvgIpc) is 3.19. The smallest absolute Gasteiger partial charge is 0.0571 e. The first-order valence-corrected chi connectivity index (χ1v) is 7.61. The normalized spacial score (nSPS) is 14.8. The van der Waals surface area contributed by atoms with Crippen LogP contribution in [0.1, 0.15) is 31.0 Å². The molecule has 0 unspecified atom stereocenters. The minimum absolute atomic E-state index is 0.704. The first kappa shape index (κ1) is 13.7. The van der Waals surface area contributed by atoms with Crippen LogP contribution in [-0.4, -0.2) is 15.8 Å². The summed E-state index contributed by atoms with van der Waals surface area (Å²) in [5, 5.41) is 8.72. The minimum atomic E-state index is 0.704. The van der Waals surface area contributed by atoms with E-state index in [4.69, 9.17) is 11.6 Å². The van der Waals surface area contributed by atoms with Crippen LogP contribution in [0.2, 0.25) is 5.02 Å². The van der Waals surface area contributed by atoms with Crippen LogP contribution in [0, 0.1) is 6.92 Å². The number of benzene rings is 1. The third kappa shape index (κ3) is 2.74. The Morgan fingerprint density at radius 1 is 1.40 bits per heavy atom. The van der Waals surface area contributed by atoms with Crippen LogP contribution in [0.3, 0.4) is 0 Å². The molecule has 106 valence electrons. The number of halogens is 1. The molecule has 3 rings (SSSR count). The molecule has 2 aromatic rings. The van der Waals surface area contributed by atoms with E-state index in [1.165, 1.54) is 24.1 Å². The summed E-state index contributed by atoms with van der Waals surface area (Å²) in [6, 6.07) is 7.01. The highest BCUT2D eigenvalue weighted by Gasteiger charge is 2.20. The molecule has 0 bridgehead atoms. The van der Waals surface area contributed by atoms with Crippen LogP contribution in [-0.2, 0) is 13.1 Å². The summed E-state index contributed by atoms with van der Waals surface area (Å²) in [5.41, 5.74) is 4.66. The zero-order valence-corrected chi connectivity index (χ0v) is 12.7. The fourth-order valence-electron chi connectivity index (χ4n) is 2.45. The Labute approximate surface area is 124 Å². The zero-order valence-electron chi connectivity index (χ0n) is 12.0. The average molecular weight is 290 g/mol. The Kier molecular flexibility index (Phi) is 3.81. The lowest BCUT2D eigenvalue weighted by molar-refractivity contribution is 0.640. The lowest BCUT2D eigenvalue weighted by Crippen LogP contribution is -2.15. The van der Waals surface area contributed by atoms with Gasteiger partial charge in [-0.15, -0.1) is 0 Å². The number of aromatic nitrogens is 2. The molecule has 1 heterocycles. The van der Waals surface area contributed by atoms with E-state index in [2.05, 4.69) is 42.5 Å². The van der Waals surface area contributed by atoms with Gasteiger partial charge in [-0.2, -0.15) is 5.10 Å². The van der Waals surface area contributed by atoms with Crippen molar-refractivity contribution in [1.82, 2.24) is 15.1 Å². The molecule has 0 radical (unpaired) electrons. The van der Waals surface area contributed by atoms with Gasteiger partial charge in [-0.1, -0.05) is 23.7 Å². The van der Waals surface area contributed by atoms with Gasteiger partial charge in [-0.3, -0.25) is 4.68 Å². The van der Waals surface area contributed by atoms with Crippen LogP contribution < -0.4 is 5.32 Å². The van der Waals surface area contributed by atoms with Crippen molar-refractivity contribution in [3.05, 3.63) is 40.7 Å². The topological polar surface area (TPSA) is 29.9 Å². The lowest BCUT2D eigenvalue weighted by atomic mass is 10.0. The number of rotatable bonds is 5. The largest absolute Gasteiger partial charge is 0.310 e. The Balaban J connectivity index is 1.82. The van der Waals surface area contributed by atoms with Gasteiger partial charge in [-0.05, 0) is 43.9 Å². The quantitative estimate of drug-likeness (QED) is 0.908. The molecule has 0 spiro atoms. The number of hydrogen-bond acceptors (Lipinski definition) is 2. The van der Waals surface area contributed by atoms with E-state index in [1.807, 2.05) is 10.9 Å². The molecule has 20 heavy (non-hydrogen) atoms. The van der Waals surface area contributed by atoms with Gasteiger partial charge in [0.1, 0.15) is 0 Å². The molecule has 4 heteroatoms. The van der Waals surface area contributed by atoms with Crippen molar-refractivity contribution >= 4 is 11.6 Å². The highest BCUT2D eigenvalue weighted by atomic mass is 35.5. The molecule has 0 amide bonds. The minimum Gasteiger partial charge on any atom is -0.310 e. The molecule has 1 N–H and O–H groups in total. The summed E-state index contributed by atoms with van der Waals surface area (Å²) in [5.74, 6) is 0. The Bertz CT molecular complexity index is 614. The number of nitrogens with one attached hydrogen (secondary N) is 1. The van der Waals surface area contributed by atoms with Crippen LogP contribution in [0.15, 0.2) is 24.4 Å². The Morgan fingerprint density at radius 2 is 2.20 bits per heavy atom. The molecule has 1 aromatic heterocycles. The van der Waals surface area contributed by atoms with E-state index in [1.54, 1.807) is 0 Å². The molecule has 0 saturated heterocycles. The summed E-state index contributed by atoms with van der Waals surface area (Å²) in [6.45, 7) is 5.95. The van der Waals surface area contributed by atoms with E-state index in [0.717, 1.165) is 29.2 Å². The first-order chi connectivity index (χ1) is 9.69. The van der Waals surface area contributed by atoms with E-state index in [9.17, 15) is 0 Å². The van der Waals surface area contributed by atoms with Crippen LogP contribution >= 0.6 is 11.6 Å². The zero-order chi connectivity index (χ0) is 14.1. The van der Waals surface area contributed by atoms with Gasteiger partial charge in [0.25, 0.3) is 0 Å². The second-order valence-electron chi connectivity index (χ2n) is 5.42. The summed E-state index contributed by atoms with van der Waals surface area (Å²) < 4.78 is 2.01. The first-order valence-electron chi connectivity index (χ1n) is 7.23. The molecule has 0 atom stereocenters.